The van der Waals surface area contributed by atoms with Gasteiger partial charge >= 0.3 is 0 Å². The number of rotatable bonds is 8. The van der Waals surface area contributed by atoms with Gasteiger partial charge < -0.3 is 16.9 Å². The highest BCUT2D eigenvalue weighted by molar-refractivity contribution is 14.1. The first-order valence-corrected chi connectivity index (χ1v) is 9.11. The minimum absolute atomic E-state index is 0. The summed E-state index contributed by atoms with van der Waals surface area (Å²) in [5, 5.41) is 0. The first-order valence-electron chi connectivity index (χ1n) is 7.87. The molecule has 1 atom stereocenters. The number of nitrogens with zero attached hydrogens (tertiary/aromatic N) is 1. The molecule has 124 valence electrons. The van der Waals surface area contributed by atoms with Crippen LogP contribution in [0.25, 0.3) is 0 Å². The van der Waals surface area contributed by atoms with Gasteiger partial charge in [-0.05, 0) is 34.1 Å². The van der Waals surface area contributed by atoms with Crippen molar-refractivity contribution in [3.8, 4) is 12.3 Å². The van der Waals surface area contributed by atoms with Crippen LogP contribution in [0.3, 0.4) is 0 Å². The highest BCUT2D eigenvalue weighted by Crippen LogP contribution is 2.27. The highest BCUT2D eigenvalue weighted by Gasteiger charge is 2.36. The van der Waals surface area contributed by atoms with Crippen LogP contribution in [-0.2, 0) is 6.42 Å². The first-order chi connectivity index (χ1) is 9.89. The van der Waals surface area contributed by atoms with Crippen LogP contribution >= 0.6 is 22.6 Å². The average molecular weight is 434 g/mol. The molecule has 0 bridgehead atoms. The quantitative estimate of drug-likeness (QED) is 0.193. The number of halogens is 2. The molecule has 1 nitrogen and oxygen atoms in total. The van der Waals surface area contributed by atoms with Crippen LogP contribution in [0.1, 0.15) is 33.3 Å². The zero-order valence-corrected chi connectivity index (χ0v) is 17.1. The number of alkyl halides is 1. The summed E-state index contributed by atoms with van der Waals surface area (Å²) in [6.45, 7) is 12.3. The molecule has 22 heavy (non-hydrogen) atoms. The molecule has 0 saturated heterocycles. The van der Waals surface area contributed by atoms with E-state index in [1.165, 1.54) is 5.56 Å². The van der Waals surface area contributed by atoms with Crippen molar-refractivity contribution >= 4 is 22.6 Å². The highest BCUT2D eigenvalue weighted by atomic mass is 127. The molecular weight excluding hydrogens is 405 g/mol. The van der Waals surface area contributed by atoms with E-state index in [0.717, 1.165) is 30.5 Å². The van der Waals surface area contributed by atoms with E-state index in [0.29, 0.717) is 15.9 Å². The van der Waals surface area contributed by atoms with Crippen LogP contribution in [-0.4, -0.2) is 28.2 Å². The molecular formula is C19H29ClIN. The van der Waals surface area contributed by atoms with Gasteiger partial charge in [0.2, 0.25) is 0 Å². The number of hydrogen-bond acceptors (Lipinski definition) is 0. The lowest BCUT2D eigenvalue weighted by molar-refractivity contribution is -0.932. The molecule has 1 rings (SSSR count). The average Bonchev–Trinajstić information content (AvgIpc) is 2.38. The van der Waals surface area contributed by atoms with Crippen molar-refractivity contribution in [3.05, 3.63) is 35.9 Å². The molecule has 0 spiro atoms. The lowest BCUT2D eigenvalue weighted by Crippen LogP contribution is -3.00. The second-order valence-corrected chi connectivity index (χ2v) is 8.30. The topological polar surface area (TPSA) is 0 Å². The Balaban J connectivity index is 0.00000441. The minimum Gasteiger partial charge on any atom is -1.00 e. The van der Waals surface area contributed by atoms with Crippen molar-refractivity contribution in [1.29, 1.82) is 0 Å². The van der Waals surface area contributed by atoms with Crippen LogP contribution < -0.4 is 12.4 Å². The fourth-order valence-corrected chi connectivity index (χ4v) is 4.33. The predicted octanol–water partition coefficient (Wildman–Crippen LogP) is 1.76. The monoisotopic (exact) mass is 433 g/mol. The van der Waals surface area contributed by atoms with Gasteiger partial charge in [0, 0.05) is 18.3 Å². The molecule has 0 radical (unpaired) electrons. The maximum atomic E-state index is 5.73. The van der Waals surface area contributed by atoms with Gasteiger partial charge in [-0.1, -0.05) is 58.0 Å². The smallest absolute Gasteiger partial charge is 0.144 e. The molecule has 0 heterocycles. The summed E-state index contributed by atoms with van der Waals surface area (Å²) < 4.78 is 1.55. The summed E-state index contributed by atoms with van der Waals surface area (Å²) in [5.41, 5.74) is 1.41. The Kier molecular flexibility index (Phi) is 10.4. The Morgan fingerprint density at radius 3 is 1.95 bits per heavy atom. The van der Waals surface area contributed by atoms with Crippen molar-refractivity contribution < 1.29 is 16.9 Å². The Morgan fingerprint density at radius 1 is 1.05 bits per heavy atom. The molecule has 1 aromatic rings. The normalized spacial score (nSPS) is 12.8. The fourth-order valence-electron chi connectivity index (χ4n) is 3.17. The van der Waals surface area contributed by atoms with Crippen LogP contribution in [0.4, 0.5) is 0 Å². The molecule has 0 fully saturated rings. The van der Waals surface area contributed by atoms with E-state index < -0.39 is 0 Å². The minimum atomic E-state index is 0. The van der Waals surface area contributed by atoms with E-state index >= 15 is 0 Å². The molecule has 0 saturated carbocycles. The molecule has 1 unspecified atom stereocenters. The van der Waals surface area contributed by atoms with Crippen molar-refractivity contribution in [1.82, 2.24) is 0 Å². The molecule has 0 aromatic heterocycles. The van der Waals surface area contributed by atoms with E-state index in [-0.39, 0.29) is 12.4 Å². The van der Waals surface area contributed by atoms with E-state index in [9.17, 15) is 0 Å². The molecule has 0 aliphatic heterocycles. The van der Waals surface area contributed by atoms with Gasteiger partial charge in [-0.15, -0.1) is 6.42 Å². The lowest BCUT2D eigenvalue weighted by atomic mass is 10.0. The van der Waals surface area contributed by atoms with Gasteiger partial charge in [0.15, 0.2) is 0 Å². The van der Waals surface area contributed by atoms with Gasteiger partial charge in [0.05, 0.1) is 13.1 Å². The predicted molar refractivity (Wildman–Crippen MR) is 101 cm³/mol. The van der Waals surface area contributed by atoms with Crippen molar-refractivity contribution in [2.24, 2.45) is 11.8 Å². The van der Waals surface area contributed by atoms with Crippen LogP contribution in [0.5, 0.6) is 0 Å². The molecule has 0 amide bonds. The summed E-state index contributed by atoms with van der Waals surface area (Å²) in [7, 11) is 0. The van der Waals surface area contributed by atoms with Gasteiger partial charge in [-0.25, -0.2) is 0 Å². The molecule has 1 aromatic carbocycles. The van der Waals surface area contributed by atoms with Crippen molar-refractivity contribution in [2.75, 3.05) is 19.6 Å². The summed E-state index contributed by atoms with van der Waals surface area (Å²) in [6.07, 6.45) is 6.81. The lowest BCUT2D eigenvalue weighted by Gasteiger charge is -2.44. The fraction of sp³-hybridized carbons (Fsp3) is 0.579. The van der Waals surface area contributed by atoms with E-state index in [1.807, 2.05) is 0 Å². The van der Waals surface area contributed by atoms with Gasteiger partial charge in [0.25, 0.3) is 0 Å². The number of terminal acetylenes is 1. The standard InChI is InChI=1S/C19H29IN.ClH/c1-6-12-21(14-16(2)3,15-17(4)5)19(20)13-18-10-8-7-9-11-18;/h1,7-11,16-17,19H,12-15H2,2-5H3;1H/q+1;/p-1. The van der Waals surface area contributed by atoms with Gasteiger partial charge in [-0.2, -0.15) is 0 Å². The Morgan fingerprint density at radius 2 is 1.55 bits per heavy atom. The Bertz CT molecular complexity index is 440. The summed E-state index contributed by atoms with van der Waals surface area (Å²) >= 11 is 2.63. The zero-order chi connectivity index (χ0) is 15.9. The summed E-state index contributed by atoms with van der Waals surface area (Å²) in [6, 6.07) is 10.8. The van der Waals surface area contributed by atoms with E-state index in [2.05, 4.69) is 86.5 Å². The third-order valence-corrected chi connectivity index (χ3v) is 5.33. The third kappa shape index (κ3) is 6.89. The number of quaternary nitrogens is 1. The Hall–Kier alpha value is -0.240. The molecule has 3 heteroatoms. The maximum Gasteiger partial charge on any atom is 0.144 e. The van der Waals surface area contributed by atoms with E-state index in [1.54, 1.807) is 0 Å². The molecule has 0 aliphatic rings. The molecule has 0 N–H and O–H groups in total. The Labute approximate surface area is 157 Å². The second kappa shape index (κ2) is 10.5. The SMILES string of the molecule is C#CC[N+](CC(C)C)(CC(C)C)C(I)Cc1ccccc1.[Cl-]. The second-order valence-electron chi connectivity index (χ2n) is 6.86. The first kappa shape index (κ1) is 21.8. The zero-order valence-electron chi connectivity index (χ0n) is 14.2. The third-order valence-electron chi connectivity index (χ3n) is 3.70. The van der Waals surface area contributed by atoms with Crippen LogP contribution in [0.2, 0.25) is 0 Å². The van der Waals surface area contributed by atoms with Gasteiger partial charge in [-0.3, -0.25) is 0 Å². The maximum absolute atomic E-state index is 5.73. The van der Waals surface area contributed by atoms with Crippen LogP contribution in [0.15, 0.2) is 30.3 Å². The number of benzene rings is 1. The van der Waals surface area contributed by atoms with Crippen molar-refractivity contribution in [3.63, 3.8) is 0 Å². The van der Waals surface area contributed by atoms with Crippen molar-refractivity contribution in [2.45, 2.75) is 38.2 Å². The van der Waals surface area contributed by atoms with Crippen LogP contribution in [0, 0.1) is 24.2 Å². The van der Waals surface area contributed by atoms with Gasteiger partial charge in [0.1, 0.15) is 10.6 Å². The van der Waals surface area contributed by atoms with E-state index in [4.69, 9.17) is 6.42 Å². The summed E-state index contributed by atoms with van der Waals surface area (Å²) in [5.74, 6) is 4.27. The molecule has 0 aliphatic carbocycles. The summed E-state index contributed by atoms with van der Waals surface area (Å²) in [4.78, 5) is 0. The number of hydrogen-bond donors (Lipinski definition) is 0. The largest absolute Gasteiger partial charge is 1.00 e.